The molecular weight excluding hydrogens is 655 g/mol. The molecule has 0 radical (unpaired) electrons. The zero-order valence-electron chi connectivity index (χ0n) is 31.8. The van der Waals surface area contributed by atoms with Gasteiger partial charge in [0.05, 0.1) is 0 Å². The smallest absolute Gasteiger partial charge is 0.135 e. The topological polar surface area (TPSA) is 16.4 Å². The van der Waals surface area contributed by atoms with Crippen molar-refractivity contribution in [2.45, 2.75) is 52.4 Å². The Morgan fingerprint density at radius 2 is 0.926 bits per heavy atom. The standard InChI is InChI=1S/C52H43NO/c1-51(2,3)38-19-16-32(17-20-38)33-14-15-34-26-44-45-27-35-18-21-41(25-37(35)29-47(45)46(44)28-36(34)24-33)53(40-11-9-10-39(30-40)52(4,5)6)42-22-23-50-48(31-42)43-12-7-8-13-49(43)54-50/h7-31H,1-6H3. The van der Waals surface area contributed by atoms with Gasteiger partial charge in [0, 0.05) is 27.8 Å². The van der Waals surface area contributed by atoms with Gasteiger partial charge >= 0.3 is 0 Å². The molecule has 262 valence electrons. The lowest BCUT2D eigenvalue weighted by molar-refractivity contribution is 0.590. The normalized spacial score (nSPS) is 12.6. The Bertz CT molecular complexity index is 2950. The maximum absolute atomic E-state index is 6.23. The molecular formula is C52H43NO. The van der Waals surface area contributed by atoms with Gasteiger partial charge in [0.2, 0.25) is 0 Å². The van der Waals surface area contributed by atoms with E-state index in [0.29, 0.717) is 0 Å². The molecule has 1 aliphatic carbocycles. The molecule has 0 unspecified atom stereocenters. The van der Waals surface area contributed by atoms with Crippen molar-refractivity contribution in [3.05, 3.63) is 163 Å². The summed E-state index contributed by atoms with van der Waals surface area (Å²) < 4.78 is 6.23. The van der Waals surface area contributed by atoms with E-state index < -0.39 is 0 Å². The monoisotopic (exact) mass is 697 g/mol. The van der Waals surface area contributed by atoms with Crippen molar-refractivity contribution in [1.82, 2.24) is 0 Å². The van der Waals surface area contributed by atoms with Crippen LogP contribution in [0.5, 0.6) is 0 Å². The number of nitrogens with zero attached hydrogens (tertiary/aromatic N) is 1. The lowest BCUT2D eigenvalue weighted by atomic mass is 9.77. The molecule has 0 bridgehead atoms. The largest absolute Gasteiger partial charge is 0.456 e. The average Bonchev–Trinajstić information content (AvgIpc) is 3.54. The summed E-state index contributed by atoms with van der Waals surface area (Å²) in [6.07, 6.45) is 0. The van der Waals surface area contributed by atoms with Crippen LogP contribution in [0.15, 0.2) is 156 Å². The Labute approximate surface area is 317 Å². The van der Waals surface area contributed by atoms with Crippen molar-refractivity contribution >= 4 is 60.5 Å². The first-order chi connectivity index (χ1) is 26.0. The Balaban J connectivity index is 1.07. The fourth-order valence-corrected chi connectivity index (χ4v) is 8.30. The molecule has 0 amide bonds. The average molecular weight is 698 g/mol. The highest BCUT2D eigenvalue weighted by Crippen LogP contribution is 2.51. The van der Waals surface area contributed by atoms with Gasteiger partial charge in [-0.1, -0.05) is 114 Å². The first kappa shape index (κ1) is 32.5. The van der Waals surface area contributed by atoms with Crippen LogP contribution in [-0.2, 0) is 10.8 Å². The number of benzene rings is 8. The molecule has 0 fully saturated rings. The van der Waals surface area contributed by atoms with Crippen LogP contribution in [0.4, 0.5) is 17.1 Å². The fourth-order valence-electron chi connectivity index (χ4n) is 8.30. The molecule has 0 spiro atoms. The zero-order valence-corrected chi connectivity index (χ0v) is 31.8. The van der Waals surface area contributed by atoms with Crippen LogP contribution in [0.2, 0.25) is 0 Å². The maximum Gasteiger partial charge on any atom is 0.135 e. The second kappa shape index (κ2) is 11.7. The van der Waals surface area contributed by atoms with Gasteiger partial charge in [-0.05, 0) is 156 Å². The molecule has 2 heteroatoms. The highest BCUT2D eigenvalue weighted by molar-refractivity contribution is 6.13. The first-order valence-corrected chi connectivity index (χ1v) is 19.1. The number of anilines is 3. The zero-order chi connectivity index (χ0) is 36.9. The van der Waals surface area contributed by atoms with Crippen molar-refractivity contribution in [3.63, 3.8) is 0 Å². The van der Waals surface area contributed by atoms with E-state index in [2.05, 4.69) is 186 Å². The SMILES string of the molecule is CC(C)(C)c1ccc(-c2ccc3cc4c(cc3c2)-c2cc3cc(N(c5cccc(C(C)(C)C)c5)c5ccc6oc7ccccc7c6c5)ccc3cc2-4)cc1. The summed E-state index contributed by atoms with van der Waals surface area (Å²) in [4.78, 5) is 2.40. The lowest BCUT2D eigenvalue weighted by Gasteiger charge is -2.29. The van der Waals surface area contributed by atoms with E-state index in [1.165, 1.54) is 66.1 Å². The van der Waals surface area contributed by atoms with E-state index in [4.69, 9.17) is 4.42 Å². The molecule has 0 saturated carbocycles. The Morgan fingerprint density at radius 1 is 0.370 bits per heavy atom. The van der Waals surface area contributed by atoms with Crippen molar-refractivity contribution in [2.24, 2.45) is 0 Å². The molecule has 0 saturated heterocycles. The first-order valence-electron chi connectivity index (χ1n) is 19.1. The highest BCUT2D eigenvalue weighted by Gasteiger charge is 2.25. The van der Waals surface area contributed by atoms with Crippen molar-refractivity contribution < 1.29 is 4.42 Å². The summed E-state index contributed by atoms with van der Waals surface area (Å²) in [5, 5.41) is 7.29. The quantitative estimate of drug-likeness (QED) is 0.182. The number of furan rings is 1. The Kier molecular flexibility index (Phi) is 7.04. The molecule has 0 N–H and O–H groups in total. The van der Waals surface area contributed by atoms with Gasteiger partial charge in [-0.3, -0.25) is 0 Å². The van der Waals surface area contributed by atoms with Crippen LogP contribution in [0, 0.1) is 0 Å². The highest BCUT2D eigenvalue weighted by atomic mass is 16.3. The molecule has 54 heavy (non-hydrogen) atoms. The molecule has 9 aromatic rings. The third-order valence-corrected chi connectivity index (χ3v) is 11.4. The van der Waals surface area contributed by atoms with Gasteiger partial charge in [-0.2, -0.15) is 0 Å². The van der Waals surface area contributed by atoms with Crippen LogP contribution in [-0.4, -0.2) is 0 Å². The van der Waals surface area contributed by atoms with Crippen molar-refractivity contribution in [1.29, 1.82) is 0 Å². The molecule has 10 rings (SSSR count). The van der Waals surface area contributed by atoms with Gasteiger partial charge < -0.3 is 9.32 Å². The van der Waals surface area contributed by atoms with Gasteiger partial charge in [-0.25, -0.2) is 0 Å². The van der Waals surface area contributed by atoms with E-state index in [9.17, 15) is 0 Å². The van der Waals surface area contributed by atoms with Crippen molar-refractivity contribution in [2.75, 3.05) is 4.90 Å². The van der Waals surface area contributed by atoms with E-state index in [1.807, 2.05) is 12.1 Å². The summed E-state index contributed by atoms with van der Waals surface area (Å²) in [5.41, 5.74) is 15.8. The second-order valence-corrected chi connectivity index (χ2v) is 17.1. The van der Waals surface area contributed by atoms with Crippen LogP contribution in [0.1, 0.15) is 52.7 Å². The number of rotatable bonds is 4. The summed E-state index contributed by atoms with van der Waals surface area (Å²) in [6.45, 7) is 13.6. The predicted molar refractivity (Wildman–Crippen MR) is 231 cm³/mol. The summed E-state index contributed by atoms with van der Waals surface area (Å²) in [6, 6.07) is 56.3. The molecule has 1 heterocycles. The molecule has 0 atom stereocenters. The fraction of sp³-hybridized carbons (Fsp3) is 0.154. The number of fused-ring (bicyclic) bond motifs is 9. The summed E-state index contributed by atoms with van der Waals surface area (Å²) in [7, 11) is 0. The van der Waals surface area contributed by atoms with E-state index >= 15 is 0 Å². The molecule has 2 nitrogen and oxygen atoms in total. The number of hydrogen-bond acceptors (Lipinski definition) is 2. The third kappa shape index (κ3) is 5.31. The lowest BCUT2D eigenvalue weighted by Crippen LogP contribution is -2.14. The Morgan fingerprint density at radius 3 is 1.63 bits per heavy atom. The minimum absolute atomic E-state index is 0.0211. The van der Waals surface area contributed by atoms with Gasteiger partial charge in [-0.15, -0.1) is 0 Å². The Hall–Kier alpha value is -6.12. The minimum atomic E-state index is 0.0211. The number of para-hydroxylation sites is 1. The van der Waals surface area contributed by atoms with Crippen LogP contribution in [0.25, 0.3) is 76.9 Å². The van der Waals surface area contributed by atoms with Crippen LogP contribution >= 0.6 is 0 Å². The third-order valence-electron chi connectivity index (χ3n) is 11.4. The molecule has 1 aromatic heterocycles. The van der Waals surface area contributed by atoms with E-state index in [-0.39, 0.29) is 10.8 Å². The van der Waals surface area contributed by atoms with Crippen LogP contribution < -0.4 is 4.90 Å². The molecule has 8 aromatic carbocycles. The van der Waals surface area contributed by atoms with E-state index in [0.717, 1.165) is 39.0 Å². The second-order valence-electron chi connectivity index (χ2n) is 17.1. The van der Waals surface area contributed by atoms with Gasteiger partial charge in [0.15, 0.2) is 0 Å². The summed E-state index contributed by atoms with van der Waals surface area (Å²) >= 11 is 0. The summed E-state index contributed by atoms with van der Waals surface area (Å²) in [5.74, 6) is 0. The van der Waals surface area contributed by atoms with Gasteiger partial charge in [0.25, 0.3) is 0 Å². The van der Waals surface area contributed by atoms with Crippen LogP contribution in [0.3, 0.4) is 0 Å². The number of hydrogen-bond donors (Lipinski definition) is 0. The molecule has 0 aliphatic heterocycles. The van der Waals surface area contributed by atoms with E-state index in [1.54, 1.807) is 0 Å². The van der Waals surface area contributed by atoms with Crippen molar-refractivity contribution in [3.8, 4) is 33.4 Å². The maximum atomic E-state index is 6.23. The van der Waals surface area contributed by atoms with Gasteiger partial charge in [0.1, 0.15) is 11.2 Å². The predicted octanol–water partition coefficient (Wildman–Crippen LogP) is 15.3. The molecule has 1 aliphatic rings. The minimum Gasteiger partial charge on any atom is -0.456 e.